The molecule has 0 radical (unpaired) electrons. The molecule has 0 N–H and O–H groups in total. The quantitative estimate of drug-likeness (QED) is 0.809. The third-order valence-corrected chi connectivity index (χ3v) is 3.43. The molecule has 0 bridgehead atoms. The Kier molecular flexibility index (Phi) is 4.48. The molecule has 0 aromatic carbocycles. The Labute approximate surface area is 113 Å². The van der Waals surface area contributed by atoms with Crippen molar-refractivity contribution in [3.8, 4) is 6.07 Å². The van der Waals surface area contributed by atoms with Crippen molar-refractivity contribution in [2.75, 3.05) is 32.7 Å². The third-order valence-electron chi connectivity index (χ3n) is 3.43. The van der Waals surface area contributed by atoms with Gasteiger partial charge in [0.05, 0.1) is 18.2 Å². The highest BCUT2D eigenvalue weighted by atomic mass is 16.2. The largest absolute Gasteiger partial charge is 0.336 e. The summed E-state index contributed by atoms with van der Waals surface area (Å²) in [5.41, 5.74) is 1.28. The number of rotatable bonds is 3. The van der Waals surface area contributed by atoms with Gasteiger partial charge in [0.25, 0.3) is 5.91 Å². The van der Waals surface area contributed by atoms with Gasteiger partial charge in [-0.25, -0.2) is 0 Å². The van der Waals surface area contributed by atoms with E-state index < -0.39 is 0 Å². The van der Waals surface area contributed by atoms with Crippen molar-refractivity contribution in [3.05, 3.63) is 29.6 Å². The van der Waals surface area contributed by atoms with Gasteiger partial charge in [0.1, 0.15) is 0 Å². The fourth-order valence-electron chi connectivity index (χ4n) is 2.24. The van der Waals surface area contributed by atoms with Crippen LogP contribution in [0.1, 0.15) is 23.0 Å². The lowest BCUT2D eigenvalue weighted by molar-refractivity contribution is 0.0643. The number of aromatic nitrogens is 1. The van der Waals surface area contributed by atoms with E-state index in [9.17, 15) is 4.79 Å². The van der Waals surface area contributed by atoms with Gasteiger partial charge in [-0.15, -0.1) is 0 Å². The highest BCUT2D eigenvalue weighted by molar-refractivity contribution is 5.94. The number of carbonyl (C=O) groups excluding carboxylic acids is 1. The normalized spacial score (nSPS) is 16.1. The molecular formula is C14H18N4O. The van der Waals surface area contributed by atoms with Gasteiger partial charge in [0.15, 0.2) is 0 Å². The summed E-state index contributed by atoms with van der Waals surface area (Å²) in [7, 11) is 0. The SMILES string of the molecule is CCN1CCN(C(=O)c2ccnc(CC#N)c2)CC1. The average Bonchev–Trinajstić information content (AvgIpc) is 2.47. The van der Waals surface area contributed by atoms with Crippen LogP contribution in [0.25, 0.3) is 0 Å². The minimum absolute atomic E-state index is 0.0392. The van der Waals surface area contributed by atoms with E-state index in [2.05, 4.69) is 16.8 Å². The number of hydrogen-bond acceptors (Lipinski definition) is 4. The number of carbonyl (C=O) groups is 1. The van der Waals surface area contributed by atoms with Crippen LogP contribution < -0.4 is 0 Å². The summed E-state index contributed by atoms with van der Waals surface area (Å²) in [5, 5.41) is 8.66. The Morgan fingerprint density at radius 3 is 2.79 bits per heavy atom. The van der Waals surface area contributed by atoms with Crippen LogP contribution in [0.2, 0.25) is 0 Å². The highest BCUT2D eigenvalue weighted by Gasteiger charge is 2.21. The van der Waals surface area contributed by atoms with Crippen LogP contribution in [0.3, 0.4) is 0 Å². The van der Waals surface area contributed by atoms with Crippen LogP contribution >= 0.6 is 0 Å². The third kappa shape index (κ3) is 3.30. The lowest BCUT2D eigenvalue weighted by Gasteiger charge is -2.34. The molecular weight excluding hydrogens is 240 g/mol. The van der Waals surface area contributed by atoms with Crippen molar-refractivity contribution in [2.45, 2.75) is 13.3 Å². The molecule has 0 atom stereocenters. The second kappa shape index (κ2) is 6.30. The molecule has 5 heteroatoms. The van der Waals surface area contributed by atoms with Crippen molar-refractivity contribution < 1.29 is 4.79 Å². The molecule has 1 aliphatic heterocycles. The predicted octanol–water partition coefficient (Wildman–Crippen LogP) is 0.925. The Balaban J connectivity index is 2.04. The predicted molar refractivity (Wildman–Crippen MR) is 71.6 cm³/mol. The lowest BCUT2D eigenvalue weighted by atomic mass is 10.1. The fourth-order valence-corrected chi connectivity index (χ4v) is 2.24. The van der Waals surface area contributed by atoms with Crippen molar-refractivity contribution >= 4 is 5.91 Å². The Hall–Kier alpha value is -1.93. The smallest absolute Gasteiger partial charge is 0.254 e. The number of amides is 1. The molecule has 2 heterocycles. The molecule has 1 aromatic rings. The van der Waals surface area contributed by atoms with Gasteiger partial charge in [-0.2, -0.15) is 5.26 Å². The number of piperazine rings is 1. The summed E-state index contributed by atoms with van der Waals surface area (Å²) >= 11 is 0. The number of nitriles is 1. The lowest BCUT2D eigenvalue weighted by Crippen LogP contribution is -2.48. The molecule has 0 spiro atoms. The first-order valence-electron chi connectivity index (χ1n) is 6.58. The maximum Gasteiger partial charge on any atom is 0.254 e. The van der Waals surface area contributed by atoms with Crippen LogP contribution in [-0.4, -0.2) is 53.4 Å². The molecule has 1 amide bonds. The van der Waals surface area contributed by atoms with E-state index in [1.807, 2.05) is 11.0 Å². The number of hydrogen-bond donors (Lipinski definition) is 0. The van der Waals surface area contributed by atoms with E-state index >= 15 is 0 Å². The van der Waals surface area contributed by atoms with E-state index in [1.165, 1.54) is 0 Å². The van der Waals surface area contributed by atoms with E-state index in [4.69, 9.17) is 5.26 Å². The van der Waals surface area contributed by atoms with Crippen molar-refractivity contribution in [2.24, 2.45) is 0 Å². The Bertz CT molecular complexity index is 486. The van der Waals surface area contributed by atoms with Crippen LogP contribution in [-0.2, 0) is 6.42 Å². The molecule has 19 heavy (non-hydrogen) atoms. The van der Waals surface area contributed by atoms with Gasteiger partial charge < -0.3 is 9.80 Å². The zero-order chi connectivity index (χ0) is 13.7. The zero-order valence-electron chi connectivity index (χ0n) is 11.2. The molecule has 0 unspecified atom stereocenters. The molecule has 1 aliphatic rings. The van der Waals surface area contributed by atoms with E-state index in [0.717, 1.165) is 32.7 Å². The second-order valence-electron chi connectivity index (χ2n) is 4.60. The first-order valence-corrected chi connectivity index (χ1v) is 6.58. The summed E-state index contributed by atoms with van der Waals surface area (Å²) in [6.45, 7) is 6.56. The van der Waals surface area contributed by atoms with Gasteiger partial charge >= 0.3 is 0 Å². The minimum Gasteiger partial charge on any atom is -0.336 e. The molecule has 0 saturated carbocycles. The zero-order valence-corrected chi connectivity index (χ0v) is 11.2. The summed E-state index contributed by atoms with van der Waals surface area (Å²) in [6.07, 6.45) is 1.84. The summed E-state index contributed by atoms with van der Waals surface area (Å²) in [6, 6.07) is 5.49. The maximum atomic E-state index is 12.3. The van der Waals surface area contributed by atoms with Gasteiger partial charge in [0.2, 0.25) is 0 Å². The molecule has 0 aliphatic carbocycles. The van der Waals surface area contributed by atoms with Crippen molar-refractivity contribution in [1.29, 1.82) is 5.26 Å². The van der Waals surface area contributed by atoms with E-state index in [1.54, 1.807) is 18.3 Å². The summed E-state index contributed by atoms with van der Waals surface area (Å²) in [5.74, 6) is 0.0392. The monoisotopic (exact) mass is 258 g/mol. The molecule has 5 nitrogen and oxygen atoms in total. The van der Waals surface area contributed by atoms with Gasteiger partial charge in [0, 0.05) is 37.9 Å². The molecule has 1 fully saturated rings. The topological polar surface area (TPSA) is 60.2 Å². The number of likely N-dealkylation sites (N-methyl/N-ethyl adjacent to an activating group) is 1. The van der Waals surface area contributed by atoms with Crippen LogP contribution in [0.5, 0.6) is 0 Å². The number of nitrogens with zero attached hydrogens (tertiary/aromatic N) is 4. The highest BCUT2D eigenvalue weighted by Crippen LogP contribution is 2.09. The van der Waals surface area contributed by atoms with Crippen LogP contribution in [0, 0.1) is 11.3 Å². The fraction of sp³-hybridized carbons (Fsp3) is 0.500. The Morgan fingerprint density at radius 1 is 1.42 bits per heavy atom. The minimum atomic E-state index is 0.0392. The molecule has 2 rings (SSSR count). The second-order valence-corrected chi connectivity index (χ2v) is 4.60. The Morgan fingerprint density at radius 2 is 2.16 bits per heavy atom. The van der Waals surface area contributed by atoms with E-state index in [-0.39, 0.29) is 12.3 Å². The maximum absolute atomic E-state index is 12.3. The van der Waals surface area contributed by atoms with Gasteiger partial charge in [-0.05, 0) is 18.7 Å². The van der Waals surface area contributed by atoms with Crippen LogP contribution in [0.4, 0.5) is 0 Å². The number of pyridine rings is 1. The molecule has 100 valence electrons. The van der Waals surface area contributed by atoms with E-state index in [0.29, 0.717) is 11.3 Å². The average molecular weight is 258 g/mol. The van der Waals surface area contributed by atoms with Crippen molar-refractivity contribution in [1.82, 2.24) is 14.8 Å². The first kappa shape index (κ1) is 13.5. The molecule has 1 saturated heterocycles. The standard InChI is InChI=1S/C14H18N4O/c1-2-17-7-9-18(10-8-17)14(19)12-4-6-16-13(11-12)3-5-15/h4,6,11H,2-3,7-10H2,1H3. The van der Waals surface area contributed by atoms with Gasteiger partial charge in [-0.3, -0.25) is 9.78 Å². The summed E-state index contributed by atoms with van der Waals surface area (Å²) in [4.78, 5) is 20.6. The van der Waals surface area contributed by atoms with Crippen LogP contribution in [0.15, 0.2) is 18.3 Å². The summed E-state index contributed by atoms with van der Waals surface area (Å²) < 4.78 is 0. The molecule has 1 aromatic heterocycles. The van der Waals surface area contributed by atoms with Gasteiger partial charge in [-0.1, -0.05) is 6.92 Å². The first-order chi connectivity index (χ1) is 9.24. The van der Waals surface area contributed by atoms with Crippen molar-refractivity contribution in [3.63, 3.8) is 0 Å².